The Morgan fingerprint density at radius 3 is 2.50 bits per heavy atom. The number of benzene rings is 2. The van der Waals surface area contributed by atoms with Gasteiger partial charge in [0.15, 0.2) is 0 Å². The van der Waals surface area contributed by atoms with Crippen LogP contribution in [0.4, 0.5) is 5.69 Å². The van der Waals surface area contributed by atoms with E-state index in [2.05, 4.69) is 10.4 Å². The van der Waals surface area contributed by atoms with Crippen LogP contribution in [-0.2, 0) is 11.2 Å². The molecule has 1 heterocycles. The summed E-state index contributed by atoms with van der Waals surface area (Å²) in [6.45, 7) is 3.99. The summed E-state index contributed by atoms with van der Waals surface area (Å²) in [6, 6.07) is 17.0. The summed E-state index contributed by atoms with van der Waals surface area (Å²) in [5.41, 5.74) is 4.70. The minimum Gasteiger partial charge on any atom is -0.326 e. The van der Waals surface area contributed by atoms with Crippen LogP contribution in [0.5, 0.6) is 0 Å². The maximum atomic E-state index is 12.1. The molecule has 2 aromatic carbocycles. The molecule has 1 N–H and O–H groups in total. The van der Waals surface area contributed by atoms with Crippen molar-refractivity contribution in [2.75, 3.05) is 5.32 Å². The van der Waals surface area contributed by atoms with Gasteiger partial charge in [-0.1, -0.05) is 29.8 Å². The molecule has 0 aliphatic heterocycles. The summed E-state index contributed by atoms with van der Waals surface area (Å²) in [7, 11) is 0. The number of rotatable bonds is 4. The Balaban J connectivity index is 1.68. The third kappa shape index (κ3) is 3.84. The second kappa shape index (κ2) is 6.89. The maximum absolute atomic E-state index is 12.1. The lowest BCUT2D eigenvalue weighted by atomic mass is 10.1. The van der Waals surface area contributed by atoms with Gasteiger partial charge in [0.2, 0.25) is 5.91 Å². The molecular weight excluding hydrogens is 322 g/mol. The highest BCUT2D eigenvalue weighted by atomic mass is 35.5. The van der Waals surface area contributed by atoms with E-state index in [9.17, 15) is 4.79 Å². The van der Waals surface area contributed by atoms with Crippen molar-refractivity contribution < 1.29 is 4.79 Å². The molecule has 3 rings (SSSR count). The van der Waals surface area contributed by atoms with Gasteiger partial charge in [-0.25, -0.2) is 4.68 Å². The maximum Gasteiger partial charge on any atom is 0.228 e. The average Bonchev–Trinajstić information content (AvgIpc) is 2.86. The second-order valence-corrected chi connectivity index (χ2v) is 6.18. The lowest BCUT2D eigenvalue weighted by molar-refractivity contribution is -0.115. The zero-order valence-corrected chi connectivity index (χ0v) is 14.3. The van der Waals surface area contributed by atoms with E-state index in [1.54, 1.807) is 18.2 Å². The molecule has 24 heavy (non-hydrogen) atoms. The van der Waals surface area contributed by atoms with Crippen molar-refractivity contribution in [1.82, 2.24) is 9.78 Å². The van der Waals surface area contributed by atoms with E-state index in [1.807, 2.05) is 54.9 Å². The SMILES string of the molecule is Cc1cc(C)n(-c2ccc(CC(=O)Nc3cccc(Cl)c3)cc2)n1. The molecule has 0 bridgehead atoms. The first kappa shape index (κ1) is 16.3. The fraction of sp³-hybridized carbons (Fsp3) is 0.158. The fourth-order valence-electron chi connectivity index (χ4n) is 2.60. The molecule has 122 valence electrons. The molecule has 0 unspecified atom stereocenters. The lowest BCUT2D eigenvalue weighted by Crippen LogP contribution is -2.14. The third-order valence-electron chi connectivity index (χ3n) is 3.66. The molecule has 0 aliphatic carbocycles. The first-order valence-electron chi connectivity index (χ1n) is 7.69. The first-order chi connectivity index (χ1) is 11.5. The number of aromatic nitrogens is 2. The number of aryl methyl sites for hydroxylation is 2. The number of carbonyl (C=O) groups is 1. The fourth-order valence-corrected chi connectivity index (χ4v) is 2.79. The highest BCUT2D eigenvalue weighted by Gasteiger charge is 2.07. The van der Waals surface area contributed by atoms with Gasteiger partial charge in [-0.15, -0.1) is 0 Å². The van der Waals surface area contributed by atoms with Gasteiger partial charge < -0.3 is 5.32 Å². The Bertz CT molecular complexity index is 869. The number of amides is 1. The third-order valence-corrected chi connectivity index (χ3v) is 3.90. The van der Waals surface area contributed by atoms with Crippen LogP contribution in [0, 0.1) is 13.8 Å². The quantitative estimate of drug-likeness (QED) is 0.769. The van der Waals surface area contributed by atoms with Crippen LogP contribution in [-0.4, -0.2) is 15.7 Å². The molecule has 5 heteroatoms. The zero-order valence-electron chi connectivity index (χ0n) is 13.6. The Labute approximate surface area is 146 Å². The van der Waals surface area contributed by atoms with Gasteiger partial charge in [0.1, 0.15) is 0 Å². The molecule has 0 atom stereocenters. The summed E-state index contributed by atoms with van der Waals surface area (Å²) in [4.78, 5) is 12.1. The Morgan fingerprint density at radius 2 is 1.88 bits per heavy atom. The minimum atomic E-state index is -0.0730. The molecule has 1 amide bonds. The smallest absolute Gasteiger partial charge is 0.228 e. The number of hydrogen-bond acceptors (Lipinski definition) is 2. The van der Waals surface area contributed by atoms with Gasteiger partial charge in [0, 0.05) is 16.4 Å². The topological polar surface area (TPSA) is 46.9 Å². The van der Waals surface area contributed by atoms with Gasteiger partial charge >= 0.3 is 0 Å². The van der Waals surface area contributed by atoms with Crippen molar-refractivity contribution in [3.63, 3.8) is 0 Å². The molecule has 4 nitrogen and oxygen atoms in total. The molecule has 0 radical (unpaired) electrons. The van der Waals surface area contributed by atoms with E-state index in [0.717, 1.165) is 22.6 Å². The number of carbonyl (C=O) groups excluding carboxylic acids is 1. The summed E-state index contributed by atoms with van der Waals surface area (Å²) >= 11 is 5.92. The summed E-state index contributed by atoms with van der Waals surface area (Å²) in [5, 5.41) is 7.91. The number of halogens is 1. The standard InChI is InChI=1S/C19H18ClN3O/c1-13-10-14(2)23(22-13)18-8-6-15(7-9-18)11-19(24)21-17-5-3-4-16(20)12-17/h3-10,12H,11H2,1-2H3,(H,21,24). The van der Waals surface area contributed by atoms with Gasteiger partial charge in [-0.05, 0) is 55.8 Å². The molecule has 0 saturated heterocycles. The van der Waals surface area contributed by atoms with E-state index < -0.39 is 0 Å². The van der Waals surface area contributed by atoms with Crippen LogP contribution in [0.3, 0.4) is 0 Å². The second-order valence-electron chi connectivity index (χ2n) is 5.74. The Hall–Kier alpha value is -2.59. The normalized spacial score (nSPS) is 10.6. The molecular formula is C19H18ClN3O. The number of nitrogens with zero attached hydrogens (tertiary/aromatic N) is 2. The largest absolute Gasteiger partial charge is 0.326 e. The Kier molecular flexibility index (Phi) is 4.67. The molecule has 0 spiro atoms. The highest BCUT2D eigenvalue weighted by Crippen LogP contribution is 2.16. The van der Waals surface area contributed by atoms with Crippen LogP contribution in [0.2, 0.25) is 5.02 Å². The van der Waals surface area contributed by atoms with Gasteiger partial charge in [0.05, 0.1) is 17.8 Å². The van der Waals surface area contributed by atoms with Crippen molar-refractivity contribution in [1.29, 1.82) is 0 Å². The van der Waals surface area contributed by atoms with Crippen molar-refractivity contribution >= 4 is 23.2 Å². The molecule has 3 aromatic rings. The monoisotopic (exact) mass is 339 g/mol. The minimum absolute atomic E-state index is 0.0730. The summed E-state index contributed by atoms with van der Waals surface area (Å²) < 4.78 is 1.89. The van der Waals surface area contributed by atoms with E-state index in [4.69, 9.17) is 11.6 Å². The number of nitrogens with one attached hydrogen (secondary N) is 1. The summed E-state index contributed by atoms with van der Waals surface area (Å²) in [5.74, 6) is -0.0730. The zero-order chi connectivity index (χ0) is 17.1. The predicted molar refractivity (Wildman–Crippen MR) is 96.8 cm³/mol. The van der Waals surface area contributed by atoms with Crippen LogP contribution >= 0.6 is 11.6 Å². The van der Waals surface area contributed by atoms with Crippen LogP contribution in [0.1, 0.15) is 17.0 Å². The van der Waals surface area contributed by atoms with Crippen molar-refractivity contribution in [3.8, 4) is 5.69 Å². The van der Waals surface area contributed by atoms with Crippen LogP contribution in [0.25, 0.3) is 5.69 Å². The molecule has 1 aromatic heterocycles. The van der Waals surface area contributed by atoms with E-state index in [-0.39, 0.29) is 5.91 Å². The van der Waals surface area contributed by atoms with E-state index in [0.29, 0.717) is 17.1 Å². The van der Waals surface area contributed by atoms with Crippen LogP contribution < -0.4 is 5.32 Å². The molecule has 0 fully saturated rings. The van der Waals surface area contributed by atoms with Crippen molar-refractivity contribution in [3.05, 3.63) is 76.6 Å². The van der Waals surface area contributed by atoms with Gasteiger partial charge in [-0.2, -0.15) is 5.10 Å². The predicted octanol–water partition coefficient (Wildman–Crippen LogP) is 4.32. The molecule has 0 aliphatic rings. The van der Waals surface area contributed by atoms with Crippen molar-refractivity contribution in [2.24, 2.45) is 0 Å². The summed E-state index contributed by atoms with van der Waals surface area (Å²) in [6.07, 6.45) is 0.309. The highest BCUT2D eigenvalue weighted by molar-refractivity contribution is 6.30. The van der Waals surface area contributed by atoms with E-state index >= 15 is 0 Å². The van der Waals surface area contributed by atoms with Gasteiger partial charge in [0.25, 0.3) is 0 Å². The average molecular weight is 340 g/mol. The number of anilines is 1. The van der Waals surface area contributed by atoms with Crippen LogP contribution in [0.15, 0.2) is 54.6 Å². The van der Waals surface area contributed by atoms with E-state index in [1.165, 1.54) is 0 Å². The number of hydrogen-bond donors (Lipinski definition) is 1. The van der Waals surface area contributed by atoms with Gasteiger partial charge in [-0.3, -0.25) is 4.79 Å². The lowest BCUT2D eigenvalue weighted by Gasteiger charge is -2.08. The molecule has 0 saturated carbocycles. The Morgan fingerprint density at radius 1 is 1.12 bits per heavy atom. The van der Waals surface area contributed by atoms with Crippen molar-refractivity contribution in [2.45, 2.75) is 20.3 Å². The first-order valence-corrected chi connectivity index (χ1v) is 8.07.